The van der Waals surface area contributed by atoms with Crippen LogP contribution in [-0.2, 0) is 44.9 Å². The van der Waals surface area contributed by atoms with E-state index in [-0.39, 0.29) is 31.2 Å². The van der Waals surface area contributed by atoms with Gasteiger partial charge in [0.05, 0.1) is 19.2 Å². The number of methoxy groups -OCH3 is 1. The molecule has 1 aromatic rings. The minimum atomic E-state index is -1.02. The molecular weight excluding hydrogens is 755 g/mol. The SMILES string of the molecule is CCO/N=C(\CC(=O)OC(C)(C)C)C(=O)NC1C(=O)N2C(C(=O)OCc3ccc(OC)cc3)=C(CN3C=CC(=C4C=NC(/C=C(\C)C(=O)NC#N)=C4)C=C3)CSC12. The maximum Gasteiger partial charge on any atom is 0.355 e. The van der Waals surface area contributed by atoms with Crippen LogP contribution in [0.3, 0.4) is 0 Å². The molecule has 1 saturated heterocycles. The zero-order valence-electron chi connectivity index (χ0n) is 32.4. The van der Waals surface area contributed by atoms with Crippen LogP contribution in [-0.4, -0.2) is 94.4 Å². The molecule has 0 aliphatic carbocycles. The lowest BCUT2D eigenvalue weighted by atomic mass is 10.0. The third-order valence-corrected chi connectivity index (χ3v) is 9.84. The van der Waals surface area contributed by atoms with Crippen LogP contribution in [0, 0.1) is 11.5 Å². The Morgan fingerprint density at radius 3 is 2.47 bits per heavy atom. The number of benzene rings is 1. The molecule has 0 spiro atoms. The summed E-state index contributed by atoms with van der Waals surface area (Å²) in [6, 6.07) is 6.02. The van der Waals surface area contributed by atoms with Crippen LogP contribution >= 0.6 is 11.8 Å². The highest BCUT2D eigenvalue weighted by Crippen LogP contribution is 2.41. The van der Waals surface area contributed by atoms with E-state index in [9.17, 15) is 24.0 Å². The lowest BCUT2D eigenvalue weighted by Crippen LogP contribution is -2.71. The van der Waals surface area contributed by atoms with Crippen molar-refractivity contribution in [3.8, 4) is 11.9 Å². The number of nitrogens with zero attached hydrogens (tertiary/aromatic N) is 5. The highest BCUT2D eigenvalue weighted by Gasteiger charge is 2.54. The first-order chi connectivity index (χ1) is 27.2. The molecule has 4 heterocycles. The van der Waals surface area contributed by atoms with Crippen LogP contribution in [0.2, 0.25) is 0 Å². The molecule has 16 nitrogen and oxygen atoms in total. The van der Waals surface area contributed by atoms with Crippen LogP contribution in [0.1, 0.15) is 46.6 Å². The summed E-state index contributed by atoms with van der Waals surface area (Å²) < 4.78 is 16.3. The second-order valence-electron chi connectivity index (χ2n) is 13.9. The second kappa shape index (κ2) is 18.5. The molecule has 1 fully saturated rings. The molecule has 2 N–H and O–H groups in total. The predicted molar refractivity (Wildman–Crippen MR) is 210 cm³/mol. The van der Waals surface area contributed by atoms with Gasteiger partial charge in [-0.1, -0.05) is 17.3 Å². The zero-order chi connectivity index (χ0) is 41.3. The van der Waals surface area contributed by atoms with E-state index in [0.29, 0.717) is 33.9 Å². The van der Waals surface area contributed by atoms with Crippen molar-refractivity contribution in [2.45, 2.75) is 64.7 Å². The molecule has 0 bridgehead atoms. The zero-order valence-corrected chi connectivity index (χ0v) is 33.2. The number of esters is 2. The molecule has 2 atom stereocenters. The molecule has 17 heteroatoms. The maximum atomic E-state index is 13.9. The lowest BCUT2D eigenvalue weighted by Gasteiger charge is -2.50. The molecule has 0 saturated carbocycles. The molecule has 4 aliphatic heterocycles. The molecule has 4 aliphatic rings. The minimum absolute atomic E-state index is 0.0588. The van der Waals surface area contributed by atoms with Crippen molar-refractivity contribution in [2.24, 2.45) is 10.1 Å². The summed E-state index contributed by atoms with van der Waals surface area (Å²) in [5, 5.41) is 16.6. The van der Waals surface area contributed by atoms with Crippen LogP contribution < -0.4 is 15.4 Å². The van der Waals surface area contributed by atoms with E-state index >= 15 is 0 Å². The Hall–Kier alpha value is -6.41. The van der Waals surface area contributed by atoms with E-state index in [1.807, 2.05) is 35.5 Å². The van der Waals surface area contributed by atoms with Gasteiger partial charge in [-0.2, -0.15) is 5.26 Å². The van der Waals surface area contributed by atoms with Gasteiger partial charge in [-0.05, 0) is 87.8 Å². The van der Waals surface area contributed by atoms with Crippen molar-refractivity contribution < 1.29 is 43.0 Å². The van der Waals surface area contributed by atoms with Crippen LogP contribution in [0.5, 0.6) is 5.75 Å². The van der Waals surface area contributed by atoms with Gasteiger partial charge in [0.2, 0.25) is 0 Å². The standard InChI is InChI=1S/C40H43N7O9S/c1-7-55-45-31(18-32(48)56-40(3,4)5)36(50)44-33-37(51)47-34(39(52)54-21-25-8-10-30(53-6)11-9-25)28(22-57-38(33)47)20-46-14-12-26(13-15-46)27-17-29(42-19-27)16-24(2)35(49)43-23-41/h8-17,19,33,38H,7,18,20-22H2,1-6H3,(H,43,49)(H,44,50)/b24-16+,45-31+. The first kappa shape index (κ1) is 41.7. The van der Waals surface area contributed by atoms with Crippen LogP contribution in [0.25, 0.3) is 0 Å². The number of nitriles is 1. The first-order valence-corrected chi connectivity index (χ1v) is 18.9. The fourth-order valence-corrected chi connectivity index (χ4v) is 7.13. The van der Waals surface area contributed by atoms with Gasteiger partial charge in [-0.3, -0.25) is 34.4 Å². The highest BCUT2D eigenvalue weighted by molar-refractivity contribution is 8.00. The molecule has 2 unspecified atom stereocenters. The normalized spacial score (nSPS) is 19.0. The number of fused-ring (bicyclic) bond motifs is 1. The number of aliphatic imine (C=N–C) groups is 1. The summed E-state index contributed by atoms with van der Waals surface area (Å²) in [5.74, 6) is -2.22. The van der Waals surface area contributed by atoms with Crippen LogP contribution in [0.15, 0.2) is 105 Å². The van der Waals surface area contributed by atoms with Crippen molar-refractivity contribution in [1.82, 2.24) is 20.4 Å². The molecule has 57 heavy (non-hydrogen) atoms. The molecule has 0 aromatic heterocycles. The second-order valence-corrected chi connectivity index (χ2v) is 15.0. The predicted octanol–water partition coefficient (Wildman–Crippen LogP) is 3.67. The molecule has 3 amide bonds. The van der Waals surface area contributed by atoms with Gasteiger partial charge in [0, 0.05) is 42.1 Å². The Morgan fingerprint density at radius 1 is 1.11 bits per heavy atom. The van der Waals surface area contributed by atoms with E-state index in [4.69, 9.17) is 24.3 Å². The summed E-state index contributed by atoms with van der Waals surface area (Å²) in [6.45, 7) is 8.69. The number of carbonyl (C=O) groups excluding carboxylic acids is 5. The number of allylic oxidation sites excluding steroid dienone is 6. The van der Waals surface area contributed by atoms with Gasteiger partial charge in [-0.25, -0.2) is 4.79 Å². The fourth-order valence-electron chi connectivity index (χ4n) is 5.79. The van der Waals surface area contributed by atoms with Gasteiger partial charge in [0.25, 0.3) is 17.7 Å². The van der Waals surface area contributed by atoms with E-state index in [1.165, 1.54) is 16.7 Å². The number of amides is 3. The highest BCUT2D eigenvalue weighted by atomic mass is 32.2. The van der Waals surface area contributed by atoms with Gasteiger partial charge in [0.1, 0.15) is 41.7 Å². The lowest BCUT2D eigenvalue weighted by molar-refractivity contribution is -0.154. The smallest absolute Gasteiger partial charge is 0.355 e. The summed E-state index contributed by atoms with van der Waals surface area (Å²) in [7, 11) is 1.55. The van der Waals surface area contributed by atoms with Crippen molar-refractivity contribution in [3.05, 3.63) is 100 Å². The number of hydrogen-bond donors (Lipinski definition) is 2. The van der Waals surface area contributed by atoms with Gasteiger partial charge in [0.15, 0.2) is 11.9 Å². The van der Waals surface area contributed by atoms with Crippen molar-refractivity contribution in [2.75, 3.05) is 26.0 Å². The molecule has 0 radical (unpaired) electrons. The van der Waals surface area contributed by atoms with E-state index in [0.717, 1.165) is 11.1 Å². The quantitative estimate of drug-likeness (QED) is 0.0527. The summed E-state index contributed by atoms with van der Waals surface area (Å²) in [5.41, 5.74) is 2.92. The molecule has 298 valence electrons. The number of nitrogens with one attached hydrogen (secondary N) is 2. The number of oxime groups is 1. The van der Waals surface area contributed by atoms with Gasteiger partial charge < -0.3 is 29.3 Å². The van der Waals surface area contributed by atoms with Crippen molar-refractivity contribution in [3.63, 3.8) is 0 Å². The average molecular weight is 798 g/mol. The third kappa shape index (κ3) is 10.7. The summed E-state index contributed by atoms with van der Waals surface area (Å²) in [4.78, 5) is 78.2. The Balaban J connectivity index is 1.34. The largest absolute Gasteiger partial charge is 0.497 e. The first-order valence-electron chi connectivity index (χ1n) is 17.9. The van der Waals surface area contributed by atoms with Crippen LogP contribution in [0.4, 0.5) is 0 Å². The Kier molecular flexibility index (Phi) is 13.5. The Morgan fingerprint density at radius 2 is 1.82 bits per heavy atom. The fraction of sp³-hybridized carbons (Fsp3) is 0.350. The third-order valence-electron chi connectivity index (χ3n) is 8.50. The number of ether oxygens (including phenoxy) is 3. The van der Waals surface area contributed by atoms with Crippen molar-refractivity contribution in [1.29, 1.82) is 5.26 Å². The minimum Gasteiger partial charge on any atom is -0.497 e. The number of thioether (sulfide) groups is 1. The van der Waals surface area contributed by atoms with E-state index in [1.54, 1.807) is 84.5 Å². The number of rotatable bonds is 14. The molecular formula is C40H43N7O9S. The van der Waals surface area contributed by atoms with E-state index < -0.39 is 53.1 Å². The van der Waals surface area contributed by atoms with Crippen molar-refractivity contribution >= 4 is 53.3 Å². The molecule has 1 aromatic carbocycles. The number of carbonyl (C=O) groups is 5. The summed E-state index contributed by atoms with van der Waals surface area (Å²) in [6.07, 6.45) is 13.6. The van der Waals surface area contributed by atoms with E-state index in [2.05, 4.69) is 20.8 Å². The Labute approximate surface area is 334 Å². The number of β-lactam (4-membered cyclic amide) rings is 1. The monoisotopic (exact) mass is 797 g/mol. The maximum absolute atomic E-state index is 13.9. The topological polar surface area (TPSA) is 201 Å². The Bertz CT molecular complexity index is 2080. The summed E-state index contributed by atoms with van der Waals surface area (Å²) >= 11 is 1.37. The number of hydrogen-bond acceptors (Lipinski definition) is 14. The average Bonchev–Trinajstić information content (AvgIpc) is 3.65. The van der Waals surface area contributed by atoms with Gasteiger partial charge >= 0.3 is 11.9 Å². The van der Waals surface area contributed by atoms with Gasteiger partial charge in [-0.15, -0.1) is 11.8 Å². The molecule has 5 rings (SSSR count).